The normalized spacial score (nSPS) is 20.9. The van der Waals surface area contributed by atoms with Crippen LogP contribution in [0.25, 0.3) is 0 Å². The molecule has 1 rings (SSSR count). The Balaban J connectivity index is 2.45. The lowest BCUT2D eigenvalue weighted by molar-refractivity contribution is -0.119. The summed E-state index contributed by atoms with van der Waals surface area (Å²) in [7, 11) is 1.80. The van der Waals surface area contributed by atoms with Gasteiger partial charge in [-0.2, -0.15) is 11.8 Å². The quantitative estimate of drug-likeness (QED) is 0.435. The Morgan fingerprint density at radius 1 is 1.61 bits per heavy atom. The number of amides is 1. The molecule has 0 aromatic rings. The van der Waals surface area contributed by atoms with E-state index < -0.39 is 0 Å². The van der Waals surface area contributed by atoms with E-state index in [0.717, 1.165) is 44.2 Å². The lowest BCUT2D eigenvalue weighted by atomic mass is 9.95. The zero-order valence-corrected chi connectivity index (χ0v) is 12.1. The van der Waals surface area contributed by atoms with Crippen molar-refractivity contribution >= 4 is 23.6 Å². The fourth-order valence-electron chi connectivity index (χ4n) is 2.31. The van der Waals surface area contributed by atoms with E-state index in [2.05, 4.69) is 21.5 Å². The third kappa shape index (κ3) is 5.16. The number of likely N-dealkylation sites (tertiary alicyclic amines) is 1. The van der Waals surface area contributed by atoms with Crippen molar-refractivity contribution < 1.29 is 4.79 Å². The smallest absolute Gasteiger partial charge is 0.217 e. The van der Waals surface area contributed by atoms with Crippen LogP contribution in [-0.4, -0.2) is 55.5 Å². The Hall–Kier alpha value is -0.910. The van der Waals surface area contributed by atoms with Gasteiger partial charge >= 0.3 is 0 Å². The summed E-state index contributed by atoms with van der Waals surface area (Å²) in [5, 5.41) is 3.35. The number of hydrogen-bond donors (Lipinski definition) is 2. The number of nitrogens with zero attached hydrogens (tertiary/aromatic N) is 2. The first-order chi connectivity index (χ1) is 8.67. The van der Waals surface area contributed by atoms with Gasteiger partial charge in [-0.3, -0.25) is 9.79 Å². The minimum atomic E-state index is -0.202. The third-order valence-electron chi connectivity index (χ3n) is 3.11. The van der Waals surface area contributed by atoms with E-state index in [1.807, 2.05) is 11.8 Å². The number of thioether (sulfide) groups is 1. The van der Waals surface area contributed by atoms with Crippen molar-refractivity contribution in [2.24, 2.45) is 16.6 Å². The van der Waals surface area contributed by atoms with E-state index in [0.29, 0.717) is 12.3 Å². The van der Waals surface area contributed by atoms with Gasteiger partial charge in [-0.1, -0.05) is 0 Å². The van der Waals surface area contributed by atoms with Gasteiger partial charge in [0.25, 0.3) is 0 Å². The number of aliphatic imine (C=N–C) groups is 1. The van der Waals surface area contributed by atoms with E-state index in [-0.39, 0.29) is 5.91 Å². The Bertz CT molecular complexity index is 296. The standard InChI is InChI=1S/C12H24N4OS/c1-14-12(15-5-7-18-2)16-6-3-4-10(9-16)8-11(13)17/h10H,3-9H2,1-2H3,(H2,13,17)(H,14,15). The number of carbonyl (C=O) groups is 1. The number of primary amides is 1. The molecule has 0 aromatic heterocycles. The minimum Gasteiger partial charge on any atom is -0.370 e. The summed E-state index contributed by atoms with van der Waals surface area (Å²) in [6.45, 7) is 2.81. The zero-order valence-electron chi connectivity index (χ0n) is 11.3. The average molecular weight is 272 g/mol. The minimum absolute atomic E-state index is 0.202. The molecule has 0 aliphatic carbocycles. The van der Waals surface area contributed by atoms with E-state index in [9.17, 15) is 4.79 Å². The molecule has 6 heteroatoms. The van der Waals surface area contributed by atoms with Crippen LogP contribution in [0.3, 0.4) is 0 Å². The van der Waals surface area contributed by atoms with E-state index in [1.165, 1.54) is 0 Å². The first-order valence-corrected chi connectivity index (χ1v) is 7.79. The second-order valence-electron chi connectivity index (χ2n) is 4.59. The van der Waals surface area contributed by atoms with E-state index >= 15 is 0 Å². The van der Waals surface area contributed by atoms with Crippen molar-refractivity contribution in [3.05, 3.63) is 0 Å². The molecule has 1 fully saturated rings. The molecule has 0 radical (unpaired) electrons. The van der Waals surface area contributed by atoms with Crippen LogP contribution in [0, 0.1) is 5.92 Å². The predicted molar refractivity (Wildman–Crippen MR) is 77.9 cm³/mol. The molecule has 0 aromatic carbocycles. The summed E-state index contributed by atoms with van der Waals surface area (Å²) in [5.41, 5.74) is 5.27. The van der Waals surface area contributed by atoms with Crippen LogP contribution < -0.4 is 11.1 Å². The van der Waals surface area contributed by atoms with Crippen molar-refractivity contribution in [1.29, 1.82) is 0 Å². The van der Waals surface area contributed by atoms with Crippen LogP contribution in [0.5, 0.6) is 0 Å². The number of nitrogens with two attached hydrogens (primary N) is 1. The highest BCUT2D eigenvalue weighted by Crippen LogP contribution is 2.19. The molecule has 1 unspecified atom stereocenters. The Morgan fingerprint density at radius 3 is 3.00 bits per heavy atom. The first kappa shape index (κ1) is 15.1. The van der Waals surface area contributed by atoms with Crippen molar-refractivity contribution in [2.75, 3.05) is 38.7 Å². The fraction of sp³-hybridized carbons (Fsp3) is 0.833. The molecule has 0 bridgehead atoms. The molecule has 0 saturated carbocycles. The number of nitrogens with one attached hydrogen (secondary N) is 1. The molecule has 1 amide bonds. The molecule has 0 spiro atoms. The van der Waals surface area contributed by atoms with Gasteiger partial charge in [-0.05, 0) is 25.0 Å². The van der Waals surface area contributed by atoms with Gasteiger partial charge in [0.05, 0.1) is 0 Å². The van der Waals surface area contributed by atoms with Gasteiger partial charge in [0.1, 0.15) is 0 Å². The number of hydrogen-bond acceptors (Lipinski definition) is 3. The van der Waals surface area contributed by atoms with Gasteiger partial charge in [0, 0.05) is 38.9 Å². The number of guanidine groups is 1. The van der Waals surface area contributed by atoms with Crippen molar-refractivity contribution in [1.82, 2.24) is 10.2 Å². The third-order valence-corrected chi connectivity index (χ3v) is 3.72. The Morgan fingerprint density at radius 2 is 2.39 bits per heavy atom. The summed E-state index contributed by atoms with van der Waals surface area (Å²) in [6, 6.07) is 0. The summed E-state index contributed by atoms with van der Waals surface area (Å²) >= 11 is 1.81. The second-order valence-corrected chi connectivity index (χ2v) is 5.58. The molecule has 18 heavy (non-hydrogen) atoms. The average Bonchev–Trinajstić information content (AvgIpc) is 2.34. The van der Waals surface area contributed by atoms with Crippen LogP contribution in [0.15, 0.2) is 4.99 Å². The molecule has 3 N–H and O–H groups in total. The first-order valence-electron chi connectivity index (χ1n) is 6.40. The largest absolute Gasteiger partial charge is 0.370 e. The number of carbonyl (C=O) groups excluding carboxylic acids is 1. The summed E-state index contributed by atoms with van der Waals surface area (Å²) < 4.78 is 0. The molecular formula is C12H24N4OS. The topological polar surface area (TPSA) is 70.7 Å². The van der Waals surface area contributed by atoms with Crippen LogP contribution in [-0.2, 0) is 4.79 Å². The highest BCUT2D eigenvalue weighted by Gasteiger charge is 2.23. The molecule has 1 heterocycles. The molecule has 1 aliphatic rings. The summed E-state index contributed by atoms with van der Waals surface area (Å²) in [6.07, 6.45) is 4.76. The van der Waals surface area contributed by atoms with Gasteiger partial charge in [0.2, 0.25) is 5.91 Å². The molecule has 104 valence electrons. The maximum absolute atomic E-state index is 11.0. The van der Waals surface area contributed by atoms with Crippen molar-refractivity contribution in [3.8, 4) is 0 Å². The molecule has 1 atom stereocenters. The maximum Gasteiger partial charge on any atom is 0.217 e. The molecule has 1 saturated heterocycles. The van der Waals surface area contributed by atoms with Crippen LogP contribution >= 0.6 is 11.8 Å². The maximum atomic E-state index is 11.0. The van der Waals surface area contributed by atoms with E-state index in [4.69, 9.17) is 5.73 Å². The fourth-order valence-corrected chi connectivity index (χ4v) is 2.61. The Labute approximate surface area is 114 Å². The molecule has 5 nitrogen and oxygen atoms in total. The van der Waals surface area contributed by atoms with Crippen molar-refractivity contribution in [3.63, 3.8) is 0 Å². The number of rotatable bonds is 5. The second kappa shape index (κ2) is 8.24. The van der Waals surface area contributed by atoms with Crippen LogP contribution in [0.4, 0.5) is 0 Å². The molecule has 1 aliphatic heterocycles. The summed E-state index contributed by atoms with van der Waals surface area (Å²) in [5.74, 6) is 2.18. The van der Waals surface area contributed by atoms with Gasteiger partial charge in [0.15, 0.2) is 5.96 Å². The van der Waals surface area contributed by atoms with Crippen LogP contribution in [0.2, 0.25) is 0 Å². The zero-order chi connectivity index (χ0) is 13.4. The summed E-state index contributed by atoms with van der Waals surface area (Å²) in [4.78, 5) is 17.5. The molecular weight excluding hydrogens is 248 g/mol. The van der Waals surface area contributed by atoms with Crippen molar-refractivity contribution in [2.45, 2.75) is 19.3 Å². The van der Waals surface area contributed by atoms with Gasteiger partial charge in [-0.15, -0.1) is 0 Å². The number of piperidine rings is 1. The SMILES string of the molecule is CN=C(NCCSC)N1CCCC(CC(N)=O)C1. The lowest BCUT2D eigenvalue weighted by Gasteiger charge is -2.34. The highest BCUT2D eigenvalue weighted by molar-refractivity contribution is 7.98. The van der Waals surface area contributed by atoms with Crippen LogP contribution in [0.1, 0.15) is 19.3 Å². The Kier molecular flexibility index (Phi) is 6.93. The lowest BCUT2D eigenvalue weighted by Crippen LogP contribution is -2.47. The monoisotopic (exact) mass is 272 g/mol. The van der Waals surface area contributed by atoms with Gasteiger partial charge in [-0.25, -0.2) is 0 Å². The highest BCUT2D eigenvalue weighted by atomic mass is 32.2. The predicted octanol–water partition coefficient (Wildman–Crippen LogP) is 0.512. The van der Waals surface area contributed by atoms with Gasteiger partial charge < -0.3 is 16.0 Å². The van der Waals surface area contributed by atoms with E-state index in [1.54, 1.807) is 7.05 Å².